The molecule has 0 heterocycles. The molecule has 0 aliphatic rings. The predicted octanol–water partition coefficient (Wildman–Crippen LogP) is 3.26. The summed E-state index contributed by atoms with van der Waals surface area (Å²) < 4.78 is 0. The fraction of sp³-hybridized carbons (Fsp3) is 0.913. The van der Waals surface area contributed by atoms with Gasteiger partial charge in [0.1, 0.15) is 0 Å². The SMILES string of the molecule is CCC(CC)[C@H](O)CNC(=O)CC[C@H](CC(C)C)C(=O)NC[C@@H](O)C(CC)CC. The zero-order chi connectivity index (χ0) is 22.4. The van der Waals surface area contributed by atoms with Gasteiger partial charge in [0.25, 0.3) is 0 Å². The van der Waals surface area contributed by atoms with Crippen molar-refractivity contribution >= 4 is 11.8 Å². The molecule has 0 bridgehead atoms. The highest BCUT2D eigenvalue weighted by Gasteiger charge is 2.23. The van der Waals surface area contributed by atoms with E-state index >= 15 is 0 Å². The Kier molecular flexibility index (Phi) is 15.1. The molecule has 0 rings (SSSR count). The van der Waals surface area contributed by atoms with Crippen LogP contribution in [0.15, 0.2) is 0 Å². The van der Waals surface area contributed by atoms with E-state index in [1.165, 1.54) is 0 Å². The topological polar surface area (TPSA) is 98.7 Å². The van der Waals surface area contributed by atoms with Crippen LogP contribution in [0.3, 0.4) is 0 Å². The van der Waals surface area contributed by atoms with Gasteiger partial charge in [-0.2, -0.15) is 0 Å². The summed E-state index contributed by atoms with van der Waals surface area (Å²) in [4.78, 5) is 24.8. The lowest BCUT2D eigenvalue weighted by atomic mass is 9.91. The molecule has 0 spiro atoms. The first-order valence-corrected chi connectivity index (χ1v) is 11.6. The Labute approximate surface area is 178 Å². The molecule has 0 saturated heterocycles. The van der Waals surface area contributed by atoms with E-state index in [2.05, 4.69) is 24.5 Å². The molecular formula is C23H46N2O4. The van der Waals surface area contributed by atoms with E-state index in [0.717, 1.165) is 25.7 Å². The number of aliphatic hydroxyl groups excluding tert-OH is 2. The van der Waals surface area contributed by atoms with Gasteiger partial charge in [-0.25, -0.2) is 0 Å². The van der Waals surface area contributed by atoms with Crippen molar-refractivity contribution in [1.29, 1.82) is 0 Å². The second kappa shape index (κ2) is 15.7. The van der Waals surface area contributed by atoms with Crippen molar-refractivity contribution < 1.29 is 19.8 Å². The van der Waals surface area contributed by atoms with Gasteiger partial charge in [-0.15, -0.1) is 0 Å². The molecule has 4 N–H and O–H groups in total. The van der Waals surface area contributed by atoms with E-state index in [0.29, 0.717) is 18.8 Å². The summed E-state index contributed by atoms with van der Waals surface area (Å²) in [6, 6.07) is 0. The van der Waals surface area contributed by atoms with E-state index in [9.17, 15) is 19.8 Å². The fourth-order valence-corrected chi connectivity index (χ4v) is 3.89. The maximum Gasteiger partial charge on any atom is 0.223 e. The van der Waals surface area contributed by atoms with E-state index in [1.54, 1.807) is 0 Å². The van der Waals surface area contributed by atoms with Gasteiger partial charge in [-0.1, -0.05) is 67.2 Å². The molecule has 0 aliphatic heterocycles. The molecule has 0 fully saturated rings. The standard InChI is InChI=1S/C23H46N2O4/c1-7-17(8-2)20(26)14-24-22(28)12-11-19(13-16(5)6)23(29)25-15-21(27)18(9-3)10-4/h16-21,26-27H,7-15H2,1-6H3,(H,24,28)(H,25,29)/t19-,20-,21-/m1/s1. The van der Waals surface area contributed by atoms with Gasteiger partial charge in [-0.3, -0.25) is 9.59 Å². The average Bonchev–Trinajstić information content (AvgIpc) is 2.69. The first kappa shape index (κ1) is 27.9. The Morgan fingerprint density at radius 3 is 1.66 bits per heavy atom. The molecule has 0 saturated carbocycles. The van der Waals surface area contributed by atoms with Crippen LogP contribution in [0.25, 0.3) is 0 Å². The smallest absolute Gasteiger partial charge is 0.223 e. The fourth-order valence-electron chi connectivity index (χ4n) is 3.89. The quantitative estimate of drug-likeness (QED) is 0.311. The molecule has 0 aliphatic carbocycles. The Bertz CT molecular complexity index is 448. The molecule has 0 aromatic heterocycles. The molecule has 0 aromatic rings. The summed E-state index contributed by atoms with van der Waals surface area (Å²) in [5.74, 6) is 0.248. The minimum absolute atomic E-state index is 0.0893. The zero-order valence-electron chi connectivity index (χ0n) is 19.5. The molecule has 6 nitrogen and oxygen atoms in total. The van der Waals surface area contributed by atoms with Crippen LogP contribution in [0, 0.1) is 23.7 Å². The van der Waals surface area contributed by atoms with Crippen molar-refractivity contribution in [1.82, 2.24) is 10.6 Å². The average molecular weight is 415 g/mol. The van der Waals surface area contributed by atoms with Gasteiger partial charge in [0.05, 0.1) is 12.2 Å². The van der Waals surface area contributed by atoms with Crippen molar-refractivity contribution in [3.63, 3.8) is 0 Å². The van der Waals surface area contributed by atoms with E-state index in [1.807, 2.05) is 27.7 Å². The Balaban J connectivity index is 4.56. The predicted molar refractivity (Wildman–Crippen MR) is 118 cm³/mol. The number of amides is 2. The lowest BCUT2D eigenvalue weighted by Crippen LogP contribution is -2.40. The summed E-state index contributed by atoms with van der Waals surface area (Å²) in [7, 11) is 0. The van der Waals surface area contributed by atoms with Crippen LogP contribution < -0.4 is 10.6 Å². The third-order valence-electron chi connectivity index (χ3n) is 6.03. The minimum Gasteiger partial charge on any atom is -0.391 e. The molecule has 3 atom stereocenters. The molecule has 0 radical (unpaired) electrons. The number of carbonyl (C=O) groups excluding carboxylic acids is 2. The lowest BCUT2D eigenvalue weighted by molar-refractivity contribution is -0.127. The van der Waals surface area contributed by atoms with Crippen molar-refractivity contribution in [3.05, 3.63) is 0 Å². The number of aliphatic hydroxyl groups is 2. The van der Waals surface area contributed by atoms with Gasteiger partial charge in [0.15, 0.2) is 0 Å². The second-order valence-corrected chi connectivity index (χ2v) is 8.70. The lowest BCUT2D eigenvalue weighted by Gasteiger charge is -2.23. The van der Waals surface area contributed by atoms with Crippen molar-refractivity contribution in [2.45, 2.75) is 98.7 Å². The Hall–Kier alpha value is -1.14. The summed E-state index contributed by atoms with van der Waals surface area (Å²) in [6.07, 6.45) is 3.89. The van der Waals surface area contributed by atoms with E-state index in [-0.39, 0.29) is 49.1 Å². The van der Waals surface area contributed by atoms with Crippen LogP contribution in [-0.4, -0.2) is 47.3 Å². The van der Waals surface area contributed by atoms with Crippen LogP contribution in [0.2, 0.25) is 0 Å². The van der Waals surface area contributed by atoms with Crippen LogP contribution in [0.1, 0.15) is 86.5 Å². The second-order valence-electron chi connectivity index (χ2n) is 8.70. The maximum atomic E-state index is 12.6. The largest absolute Gasteiger partial charge is 0.391 e. The number of rotatable bonds is 16. The monoisotopic (exact) mass is 414 g/mol. The highest BCUT2D eigenvalue weighted by Crippen LogP contribution is 2.19. The van der Waals surface area contributed by atoms with Crippen molar-refractivity contribution in [2.75, 3.05) is 13.1 Å². The van der Waals surface area contributed by atoms with Gasteiger partial charge in [-0.05, 0) is 30.6 Å². The van der Waals surface area contributed by atoms with Gasteiger partial charge >= 0.3 is 0 Å². The van der Waals surface area contributed by atoms with Crippen molar-refractivity contribution in [3.8, 4) is 0 Å². The normalized spacial score (nSPS) is 14.9. The van der Waals surface area contributed by atoms with Crippen LogP contribution in [0.5, 0.6) is 0 Å². The number of carbonyl (C=O) groups is 2. The molecule has 0 aromatic carbocycles. The third kappa shape index (κ3) is 11.6. The van der Waals surface area contributed by atoms with E-state index < -0.39 is 12.2 Å². The van der Waals surface area contributed by atoms with Crippen LogP contribution >= 0.6 is 0 Å². The van der Waals surface area contributed by atoms with Crippen molar-refractivity contribution in [2.24, 2.45) is 23.7 Å². The molecule has 0 unspecified atom stereocenters. The molecule has 2 amide bonds. The number of hydrogen-bond acceptors (Lipinski definition) is 4. The van der Waals surface area contributed by atoms with Crippen LogP contribution in [0.4, 0.5) is 0 Å². The Morgan fingerprint density at radius 1 is 0.793 bits per heavy atom. The van der Waals surface area contributed by atoms with Gasteiger partial charge < -0.3 is 20.8 Å². The summed E-state index contributed by atoms with van der Waals surface area (Å²) in [6.45, 7) is 12.8. The highest BCUT2D eigenvalue weighted by atomic mass is 16.3. The zero-order valence-corrected chi connectivity index (χ0v) is 19.5. The first-order valence-electron chi connectivity index (χ1n) is 11.6. The molecule has 172 valence electrons. The molecule has 29 heavy (non-hydrogen) atoms. The minimum atomic E-state index is -0.538. The van der Waals surface area contributed by atoms with E-state index in [4.69, 9.17) is 0 Å². The summed E-state index contributed by atoms with van der Waals surface area (Å²) in [5, 5.41) is 26.1. The molecule has 6 heteroatoms. The summed E-state index contributed by atoms with van der Waals surface area (Å²) in [5.41, 5.74) is 0. The van der Waals surface area contributed by atoms with Gasteiger partial charge in [0, 0.05) is 25.4 Å². The number of hydrogen-bond donors (Lipinski definition) is 4. The number of nitrogens with one attached hydrogen (secondary N) is 2. The third-order valence-corrected chi connectivity index (χ3v) is 6.03. The Morgan fingerprint density at radius 2 is 1.24 bits per heavy atom. The summed E-state index contributed by atoms with van der Waals surface area (Å²) >= 11 is 0. The maximum absolute atomic E-state index is 12.6. The highest BCUT2D eigenvalue weighted by molar-refractivity contribution is 5.80. The van der Waals surface area contributed by atoms with Gasteiger partial charge in [0.2, 0.25) is 11.8 Å². The van der Waals surface area contributed by atoms with Crippen LogP contribution in [-0.2, 0) is 9.59 Å². The molecular weight excluding hydrogens is 368 g/mol. The first-order chi connectivity index (χ1) is 13.7.